The highest BCUT2D eigenvalue weighted by Crippen LogP contribution is 2.14. The Bertz CT molecular complexity index is 291. The molecule has 0 spiro atoms. The third kappa shape index (κ3) is 3.60. The molecule has 0 aliphatic heterocycles. The molecule has 0 fully saturated rings. The van der Waals surface area contributed by atoms with E-state index >= 15 is 0 Å². The van der Waals surface area contributed by atoms with E-state index in [1.807, 2.05) is 0 Å². The third-order valence-corrected chi connectivity index (χ3v) is 2.05. The standard InChI is InChI=1S/C10H12ClF2N/c11-9-2-3-10(13)8(6-9)7-14-5-1-4-12/h2-3,6,14H,1,4-5,7H2. The van der Waals surface area contributed by atoms with Gasteiger partial charge < -0.3 is 5.32 Å². The van der Waals surface area contributed by atoms with Crippen molar-refractivity contribution in [1.29, 1.82) is 0 Å². The molecule has 0 aliphatic rings. The second-order valence-electron chi connectivity index (χ2n) is 2.96. The molecular formula is C10H12ClF2N. The second-order valence-corrected chi connectivity index (χ2v) is 3.39. The van der Waals surface area contributed by atoms with Crippen molar-refractivity contribution in [2.75, 3.05) is 13.2 Å². The van der Waals surface area contributed by atoms with E-state index in [0.29, 0.717) is 30.1 Å². The molecule has 1 N–H and O–H groups in total. The van der Waals surface area contributed by atoms with Crippen LogP contribution in [0, 0.1) is 5.82 Å². The fourth-order valence-corrected chi connectivity index (χ4v) is 1.29. The van der Waals surface area contributed by atoms with Crippen LogP contribution in [-0.2, 0) is 6.54 Å². The lowest BCUT2D eigenvalue weighted by molar-refractivity contribution is 0.457. The molecule has 0 saturated carbocycles. The number of rotatable bonds is 5. The molecule has 0 bridgehead atoms. The molecule has 0 aliphatic carbocycles. The van der Waals surface area contributed by atoms with Crippen molar-refractivity contribution < 1.29 is 8.78 Å². The van der Waals surface area contributed by atoms with Crippen LogP contribution in [0.2, 0.25) is 5.02 Å². The molecule has 0 atom stereocenters. The van der Waals surface area contributed by atoms with E-state index in [-0.39, 0.29) is 12.5 Å². The first-order chi connectivity index (χ1) is 6.74. The molecular weight excluding hydrogens is 208 g/mol. The summed E-state index contributed by atoms with van der Waals surface area (Å²) in [5.74, 6) is -0.290. The smallest absolute Gasteiger partial charge is 0.127 e. The minimum absolute atomic E-state index is 0.290. The van der Waals surface area contributed by atoms with Gasteiger partial charge in [0.25, 0.3) is 0 Å². The zero-order valence-electron chi connectivity index (χ0n) is 7.69. The molecule has 4 heteroatoms. The molecule has 14 heavy (non-hydrogen) atoms. The molecule has 0 unspecified atom stereocenters. The van der Waals surface area contributed by atoms with Gasteiger partial charge in [0.2, 0.25) is 0 Å². The minimum atomic E-state index is -0.356. The number of alkyl halides is 1. The quantitative estimate of drug-likeness (QED) is 0.751. The fraction of sp³-hybridized carbons (Fsp3) is 0.400. The maximum atomic E-state index is 13.1. The second kappa shape index (κ2) is 5.94. The Balaban J connectivity index is 2.45. The molecule has 0 heterocycles. The van der Waals surface area contributed by atoms with Crippen LogP contribution in [0.4, 0.5) is 8.78 Å². The highest BCUT2D eigenvalue weighted by Gasteiger charge is 2.01. The molecule has 0 saturated heterocycles. The Kier molecular flexibility index (Phi) is 4.84. The minimum Gasteiger partial charge on any atom is -0.312 e. The number of halogens is 3. The van der Waals surface area contributed by atoms with E-state index in [1.54, 1.807) is 6.07 Å². The number of nitrogens with one attached hydrogen (secondary N) is 1. The van der Waals surface area contributed by atoms with Crippen molar-refractivity contribution in [3.63, 3.8) is 0 Å². The van der Waals surface area contributed by atoms with E-state index in [4.69, 9.17) is 11.6 Å². The van der Waals surface area contributed by atoms with Crippen LogP contribution in [0.25, 0.3) is 0 Å². The predicted molar refractivity (Wildman–Crippen MR) is 53.7 cm³/mol. The topological polar surface area (TPSA) is 12.0 Å². The van der Waals surface area contributed by atoms with E-state index in [1.165, 1.54) is 12.1 Å². The summed E-state index contributed by atoms with van der Waals surface area (Å²) >= 11 is 5.70. The van der Waals surface area contributed by atoms with Crippen LogP contribution in [0.15, 0.2) is 18.2 Å². The normalized spacial score (nSPS) is 10.5. The van der Waals surface area contributed by atoms with Gasteiger partial charge in [-0.25, -0.2) is 4.39 Å². The van der Waals surface area contributed by atoms with E-state index in [9.17, 15) is 8.78 Å². The zero-order valence-corrected chi connectivity index (χ0v) is 8.45. The fourth-order valence-electron chi connectivity index (χ4n) is 1.09. The molecule has 1 rings (SSSR count). The van der Waals surface area contributed by atoms with Crippen LogP contribution >= 0.6 is 11.6 Å². The SMILES string of the molecule is FCCCNCc1cc(Cl)ccc1F. The summed E-state index contributed by atoms with van der Waals surface area (Å²) in [6.07, 6.45) is 0.447. The van der Waals surface area contributed by atoms with Crippen LogP contribution in [0.3, 0.4) is 0 Å². The molecule has 1 nitrogen and oxygen atoms in total. The van der Waals surface area contributed by atoms with Gasteiger partial charge in [-0.15, -0.1) is 0 Å². The highest BCUT2D eigenvalue weighted by molar-refractivity contribution is 6.30. The predicted octanol–water partition coefficient (Wildman–Crippen LogP) is 2.93. The Morgan fingerprint density at radius 1 is 1.36 bits per heavy atom. The summed E-state index contributed by atoms with van der Waals surface area (Å²) in [7, 11) is 0. The average molecular weight is 220 g/mol. The van der Waals surface area contributed by atoms with Gasteiger partial charge in [-0.1, -0.05) is 11.6 Å². The summed E-state index contributed by atoms with van der Waals surface area (Å²) in [4.78, 5) is 0. The van der Waals surface area contributed by atoms with Gasteiger partial charge in [0, 0.05) is 17.1 Å². The molecule has 0 aromatic heterocycles. The van der Waals surface area contributed by atoms with Crippen molar-refractivity contribution in [2.45, 2.75) is 13.0 Å². The van der Waals surface area contributed by atoms with Crippen LogP contribution in [0.1, 0.15) is 12.0 Å². The highest BCUT2D eigenvalue weighted by atomic mass is 35.5. The lowest BCUT2D eigenvalue weighted by Gasteiger charge is -2.05. The number of benzene rings is 1. The van der Waals surface area contributed by atoms with Gasteiger partial charge >= 0.3 is 0 Å². The van der Waals surface area contributed by atoms with Crippen LogP contribution in [-0.4, -0.2) is 13.2 Å². The number of hydrogen-bond acceptors (Lipinski definition) is 1. The van der Waals surface area contributed by atoms with Crippen LogP contribution < -0.4 is 5.32 Å². The lowest BCUT2D eigenvalue weighted by Crippen LogP contribution is -2.16. The molecule has 1 aromatic rings. The molecule has 1 aromatic carbocycles. The van der Waals surface area contributed by atoms with Gasteiger partial charge in [-0.3, -0.25) is 4.39 Å². The third-order valence-electron chi connectivity index (χ3n) is 1.81. The van der Waals surface area contributed by atoms with Crippen molar-refractivity contribution in [2.24, 2.45) is 0 Å². The summed E-state index contributed by atoms with van der Waals surface area (Å²) < 4.78 is 24.8. The Labute approximate surface area is 87.1 Å². The summed E-state index contributed by atoms with van der Waals surface area (Å²) in [6, 6.07) is 4.40. The van der Waals surface area contributed by atoms with Gasteiger partial charge in [-0.05, 0) is 31.2 Å². The number of hydrogen-bond donors (Lipinski definition) is 1. The average Bonchev–Trinajstić information content (AvgIpc) is 2.18. The summed E-state index contributed by atoms with van der Waals surface area (Å²) in [6.45, 7) is 0.569. The first-order valence-corrected chi connectivity index (χ1v) is 4.82. The van der Waals surface area contributed by atoms with Crippen molar-refractivity contribution >= 4 is 11.6 Å². The maximum absolute atomic E-state index is 13.1. The van der Waals surface area contributed by atoms with Crippen LogP contribution in [0.5, 0.6) is 0 Å². The van der Waals surface area contributed by atoms with E-state index in [0.717, 1.165) is 0 Å². The Hall–Kier alpha value is -0.670. The zero-order chi connectivity index (χ0) is 10.4. The molecule has 0 radical (unpaired) electrons. The monoisotopic (exact) mass is 219 g/mol. The summed E-state index contributed by atoms with van der Waals surface area (Å²) in [5, 5.41) is 3.44. The van der Waals surface area contributed by atoms with Crippen molar-refractivity contribution in [3.8, 4) is 0 Å². The molecule has 0 amide bonds. The van der Waals surface area contributed by atoms with Gasteiger partial charge in [0.05, 0.1) is 6.67 Å². The van der Waals surface area contributed by atoms with E-state index in [2.05, 4.69) is 5.32 Å². The van der Waals surface area contributed by atoms with Crippen molar-refractivity contribution in [1.82, 2.24) is 5.32 Å². The largest absolute Gasteiger partial charge is 0.312 e. The Morgan fingerprint density at radius 2 is 2.14 bits per heavy atom. The van der Waals surface area contributed by atoms with Gasteiger partial charge in [0.1, 0.15) is 5.82 Å². The van der Waals surface area contributed by atoms with Crippen molar-refractivity contribution in [3.05, 3.63) is 34.6 Å². The van der Waals surface area contributed by atoms with E-state index < -0.39 is 0 Å². The van der Waals surface area contributed by atoms with Gasteiger partial charge in [0.15, 0.2) is 0 Å². The summed E-state index contributed by atoms with van der Waals surface area (Å²) in [5.41, 5.74) is 0.511. The lowest BCUT2D eigenvalue weighted by atomic mass is 10.2. The molecule has 78 valence electrons. The first kappa shape index (κ1) is 11.4. The maximum Gasteiger partial charge on any atom is 0.127 e. The van der Waals surface area contributed by atoms with Gasteiger partial charge in [-0.2, -0.15) is 0 Å². The first-order valence-electron chi connectivity index (χ1n) is 4.44. The Morgan fingerprint density at radius 3 is 2.86 bits per heavy atom.